The van der Waals surface area contributed by atoms with E-state index in [-0.39, 0.29) is 25.2 Å². The number of carbonyl (C=O) groups excluding carboxylic acids is 1. The van der Waals surface area contributed by atoms with Crippen LogP contribution in [0.15, 0.2) is 24.5 Å². The van der Waals surface area contributed by atoms with Crippen LogP contribution in [0, 0.1) is 36.8 Å². The van der Waals surface area contributed by atoms with E-state index in [4.69, 9.17) is 19.2 Å². The molecule has 1 saturated heterocycles. The maximum Gasteiger partial charge on any atom is 0.466 e. The van der Waals surface area contributed by atoms with E-state index in [2.05, 4.69) is 21.4 Å². The fourth-order valence-corrected chi connectivity index (χ4v) is 4.22. The predicted molar refractivity (Wildman–Crippen MR) is 133 cm³/mol. The molecule has 0 bridgehead atoms. The molecule has 3 aromatic rings. The lowest BCUT2D eigenvalue weighted by atomic mass is 9.86. The summed E-state index contributed by atoms with van der Waals surface area (Å²) in [7, 11) is -4.64. The van der Waals surface area contributed by atoms with Crippen molar-refractivity contribution in [2.75, 3.05) is 18.0 Å². The largest absolute Gasteiger partial charge is 0.466 e. The van der Waals surface area contributed by atoms with Crippen LogP contribution >= 0.6 is 7.82 Å². The number of halogens is 5. The molecule has 0 aliphatic carbocycles. The Morgan fingerprint density at radius 3 is 2.34 bits per heavy atom. The first kappa shape index (κ1) is 31.7. The Labute approximate surface area is 229 Å². The molecule has 1 fully saturated rings. The number of alkyl halides is 3. The summed E-state index contributed by atoms with van der Waals surface area (Å²) in [4.78, 5) is 35.1. The molecule has 1 amide bonds. The van der Waals surface area contributed by atoms with Crippen molar-refractivity contribution in [2.24, 2.45) is 0 Å². The third kappa shape index (κ3) is 7.27. The standard InChI is InChI=1S/C23H22F5N7O.H3O4P/c1-12-16(8-30-32-12)17-9-35(33-13(17)2)22(4-5-29)10-34(11-22)20-7-18(24)15(6-19(20)25)21(36)31-14(3)23(26,27)28;1-5(2,3)4/h6-9,14H,4,10-11H2,1-3H3,(H,30,32)(H,31,36);(H3,1,2,3,4)/t14-;/m0./s1. The number of hydrogen-bond donors (Lipinski definition) is 5. The zero-order valence-electron chi connectivity index (χ0n) is 21.7. The van der Waals surface area contributed by atoms with Crippen LogP contribution in [0.4, 0.5) is 27.6 Å². The van der Waals surface area contributed by atoms with E-state index < -0.39 is 48.7 Å². The Balaban J connectivity index is 0.000000850. The van der Waals surface area contributed by atoms with Crippen LogP contribution in [-0.4, -0.2) is 65.9 Å². The first-order valence-corrected chi connectivity index (χ1v) is 13.3. The molecule has 5 N–H and O–H groups in total. The number of aryl methyl sites for hydroxylation is 2. The first-order chi connectivity index (χ1) is 18.9. The predicted octanol–water partition coefficient (Wildman–Crippen LogP) is 3.05. The maximum absolute atomic E-state index is 14.9. The number of hydrogen-bond acceptors (Lipinski definition) is 6. The van der Waals surface area contributed by atoms with Gasteiger partial charge in [-0.05, 0) is 26.8 Å². The minimum absolute atomic E-state index is 0.0500. The number of H-pyrrole nitrogens is 1. The molecule has 0 saturated carbocycles. The van der Waals surface area contributed by atoms with Gasteiger partial charge in [0.25, 0.3) is 5.91 Å². The van der Waals surface area contributed by atoms with Crippen LogP contribution in [0.5, 0.6) is 0 Å². The van der Waals surface area contributed by atoms with Crippen LogP contribution in [-0.2, 0) is 10.1 Å². The number of anilines is 1. The van der Waals surface area contributed by atoms with Crippen molar-refractivity contribution >= 4 is 19.4 Å². The fourth-order valence-electron chi connectivity index (χ4n) is 4.22. The van der Waals surface area contributed by atoms with Crippen molar-refractivity contribution in [3.05, 3.63) is 53.1 Å². The van der Waals surface area contributed by atoms with Crippen LogP contribution in [0.1, 0.15) is 35.1 Å². The van der Waals surface area contributed by atoms with Gasteiger partial charge in [-0.3, -0.25) is 14.6 Å². The molecule has 3 heterocycles. The van der Waals surface area contributed by atoms with Gasteiger partial charge in [0.05, 0.1) is 35.6 Å². The quantitative estimate of drug-likeness (QED) is 0.209. The van der Waals surface area contributed by atoms with Gasteiger partial charge in [0.2, 0.25) is 0 Å². The highest BCUT2D eigenvalue weighted by molar-refractivity contribution is 7.45. The molecule has 222 valence electrons. The summed E-state index contributed by atoms with van der Waals surface area (Å²) >= 11 is 0. The van der Waals surface area contributed by atoms with Gasteiger partial charge in [0.1, 0.15) is 23.2 Å². The van der Waals surface area contributed by atoms with Gasteiger partial charge in [0, 0.05) is 42.2 Å². The molecule has 1 aromatic carbocycles. The van der Waals surface area contributed by atoms with Crippen LogP contribution < -0.4 is 10.2 Å². The molecule has 12 nitrogen and oxygen atoms in total. The Kier molecular flexibility index (Phi) is 8.94. The first-order valence-electron chi connectivity index (χ1n) is 11.7. The lowest BCUT2D eigenvalue weighted by molar-refractivity contribution is -0.149. The lowest BCUT2D eigenvalue weighted by Gasteiger charge is -2.50. The number of rotatable bonds is 6. The number of phosphoric acid groups is 1. The molecular formula is C23H25F5N7O5P. The Morgan fingerprint density at radius 2 is 1.83 bits per heavy atom. The van der Waals surface area contributed by atoms with E-state index >= 15 is 0 Å². The van der Waals surface area contributed by atoms with Gasteiger partial charge < -0.3 is 24.9 Å². The molecule has 41 heavy (non-hydrogen) atoms. The number of aromatic nitrogens is 4. The third-order valence-corrected chi connectivity index (χ3v) is 6.34. The average molecular weight is 605 g/mol. The van der Waals surface area contributed by atoms with E-state index in [1.807, 2.05) is 13.8 Å². The summed E-state index contributed by atoms with van der Waals surface area (Å²) in [6.07, 6.45) is -1.23. The molecule has 2 aromatic heterocycles. The summed E-state index contributed by atoms with van der Waals surface area (Å²) in [6.45, 7) is 4.62. The maximum atomic E-state index is 14.9. The number of nitriles is 1. The number of nitrogens with one attached hydrogen (secondary N) is 2. The van der Waals surface area contributed by atoms with E-state index in [0.29, 0.717) is 18.7 Å². The van der Waals surface area contributed by atoms with Gasteiger partial charge in [-0.25, -0.2) is 13.3 Å². The Hall–Kier alpha value is -3.84. The number of amides is 1. The number of aromatic amines is 1. The number of carbonyl (C=O) groups is 1. The van der Waals surface area contributed by atoms with Crippen molar-refractivity contribution in [1.29, 1.82) is 5.26 Å². The second-order valence-electron chi connectivity index (χ2n) is 9.43. The third-order valence-electron chi connectivity index (χ3n) is 6.34. The number of nitrogens with zero attached hydrogens (tertiary/aromatic N) is 5. The summed E-state index contributed by atoms with van der Waals surface area (Å²) < 4.78 is 78.2. The molecule has 1 aliphatic heterocycles. The van der Waals surface area contributed by atoms with E-state index in [1.54, 1.807) is 22.4 Å². The van der Waals surface area contributed by atoms with E-state index in [1.165, 1.54) is 4.90 Å². The van der Waals surface area contributed by atoms with Crippen molar-refractivity contribution in [3.8, 4) is 17.2 Å². The van der Waals surface area contributed by atoms with E-state index in [9.17, 15) is 32.0 Å². The van der Waals surface area contributed by atoms with Gasteiger partial charge in [0.15, 0.2) is 0 Å². The highest BCUT2D eigenvalue weighted by Crippen LogP contribution is 2.39. The van der Waals surface area contributed by atoms with Crippen LogP contribution in [0.2, 0.25) is 0 Å². The minimum Gasteiger partial charge on any atom is -0.364 e. The lowest BCUT2D eigenvalue weighted by Crippen LogP contribution is -2.63. The van der Waals surface area contributed by atoms with Gasteiger partial charge >= 0.3 is 14.0 Å². The molecule has 0 unspecified atom stereocenters. The smallest absolute Gasteiger partial charge is 0.364 e. The zero-order valence-corrected chi connectivity index (χ0v) is 22.6. The minimum atomic E-state index is -4.73. The summed E-state index contributed by atoms with van der Waals surface area (Å²) in [5.74, 6) is -3.51. The molecule has 4 rings (SSSR count). The Morgan fingerprint density at radius 1 is 1.22 bits per heavy atom. The van der Waals surface area contributed by atoms with Gasteiger partial charge in [-0.2, -0.15) is 28.6 Å². The molecule has 1 aliphatic rings. The average Bonchev–Trinajstić information content (AvgIpc) is 3.40. The summed E-state index contributed by atoms with van der Waals surface area (Å²) in [5, 5.41) is 22.5. The van der Waals surface area contributed by atoms with Crippen molar-refractivity contribution < 1.29 is 46.0 Å². The second-order valence-corrected chi connectivity index (χ2v) is 10.5. The molecule has 0 radical (unpaired) electrons. The van der Waals surface area contributed by atoms with Crippen molar-refractivity contribution in [3.63, 3.8) is 0 Å². The highest BCUT2D eigenvalue weighted by Gasteiger charge is 2.47. The second kappa shape index (κ2) is 11.6. The van der Waals surface area contributed by atoms with E-state index in [0.717, 1.165) is 22.9 Å². The normalized spacial score (nSPS) is 15.3. The van der Waals surface area contributed by atoms with Crippen molar-refractivity contribution in [2.45, 2.75) is 44.9 Å². The summed E-state index contributed by atoms with van der Waals surface area (Å²) in [6, 6.07) is 1.23. The Bertz CT molecular complexity index is 1510. The molecular weight excluding hydrogens is 580 g/mol. The molecule has 18 heteroatoms. The van der Waals surface area contributed by atoms with Crippen LogP contribution in [0.3, 0.4) is 0 Å². The van der Waals surface area contributed by atoms with Gasteiger partial charge in [-0.15, -0.1) is 0 Å². The molecule has 1 atom stereocenters. The summed E-state index contributed by atoms with van der Waals surface area (Å²) in [5.41, 5.74) is 1.40. The SMILES string of the molecule is Cc1nn(C2(CC#N)CN(c3cc(F)c(C(=O)N[C@@H](C)C(F)(F)F)cc3F)C2)cc1-c1cn[nH]c1C.O=P(O)(O)O. The number of benzene rings is 1. The fraction of sp³-hybridized carbons (Fsp3) is 0.391. The van der Waals surface area contributed by atoms with Gasteiger partial charge in [-0.1, -0.05) is 0 Å². The highest BCUT2D eigenvalue weighted by atomic mass is 31.2. The van der Waals surface area contributed by atoms with Crippen molar-refractivity contribution in [1.82, 2.24) is 25.3 Å². The molecule has 0 spiro atoms. The van der Waals surface area contributed by atoms with Crippen LogP contribution in [0.25, 0.3) is 11.1 Å². The monoisotopic (exact) mass is 605 g/mol. The zero-order chi connectivity index (χ0) is 30.9. The topological polar surface area (TPSA) is 180 Å².